The van der Waals surface area contributed by atoms with Crippen LogP contribution in [0.15, 0.2) is 97.8 Å². The summed E-state index contributed by atoms with van der Waals surface area (Å²) in [5.41, 5.74) is 3.12. The number of nitrogens with zero attached hydrogens (tertiary/aromatic N) is 6. The molecule has 2 bridgehead atoms. The zero-order valence-electron chi connectivity index (χ0n) is 45.8. The SMILES string of the molecule is C=CC(C)(C)n1cc(C[C@@H]2NC(=O)[C@H](Cc3ccccc3)NC(=O)[C@H](CC(C)C)N3CCC[C@@H](C3=O)N(C)C(=O)[C@H](C)NC(=O)[C@H](Cc3ccc4cnc(C)nc4c3)NC(=O)[C@H](CC(C)C)N(C)C2=O)c2ccccc21. The van der Waals surface area contributed by atoms with Crippen LogP contribution < -0.4 is 21.3 Å². The first kappa shape index (κ1) is 56.3. The van der Waals surface area contributed by atoms with E-state index in [1.165, 1.54) is 35.7 Å². The third kappa shape index (κ3) is 13.0. The Morgan fingerprint density at radius 2 is 1.30 bits per heavy atom. The Morgan fingerprint density at radius 3 is 1.97 bits per heavy atom. The Hall–Kier alpha value is -7.43. The van der Waals surface area contributed by atoms with Crippen molar-refractivity contribution in [1.82, 2.24) is 50.5 Å². The van der Waals surface area contributed by atoms with E-state index in [0.717, 1.165) is 27.4 Å². The standard InChI is InChI=1S/C59H76N10O7/c1-12-59(8,9)69-34-42(43-21-16-17-22-48(43)69)32-47-57(75)67(11)50(27-35(2)3)54(72)63-46(31-40-24-25-41-33-60-38(7)62-44(41)30-40)52(70)61-37(6)56(74)66(10)49-23-18-26-68(58(49)76)51(28-36(4)5)55(73)64-45(53(71)65-47)29-39-19-14-13-15-20-39/h12-17,19-22,24-25,30,33-37,45-47,49-51H,1,18,23,26-29,31-32H2,2-11H3,(H,61,70)(H,63,72)(H,64,73)(H,65,71)/t37-,45-,46-,47-,49-,50-,51-/m0/s1. The summed E-state index contributed by atoms with van der Waals surface area (Å²) in [5, 5.41) is 13.5. The Kier molecular flexibility index (Phi) is 17.8. The number of hydrogen-bond acceptors (Lipinski definition) is 9. The molecule has 0 radical (unpaired) electrons. The van der Waals surface area contributed by atoms with Crippen molar-refractivity contribution in [1.29, 1.82) is 0 Å². The molecule has 2 aliphatic heterocycles. The van der Waals surface area contributed by atoms with Crippen LogP contribution in [0.3, 0.4) is 0 Å². The number of benzene rings is 3. The molecule has 0 saturated carbocycles. The molecule has 4 heterocycles. The topological polar surface area (TPSA) is 208 Å². The number of amides is 7. The zero-order chi connectivity index (χ0) is 55.2. The van der Waals surface area contributed by atoms with Gasteiger partial charge in [-0.05, 0) is 94.0 Å². The number of hydrogen-bond donors (Lipinski definition) is 4. The van der Waals surface area contributed by atoms with Crippen LogP contribution in [0.1, 0.15) is 96.7 Å². The van der Waals surface area contributed by atoms with Crippen molar-refractivity contribution in [3.63, 3.8) is 0 Å². The van der Waals surface area contributed by atoms with Gasteiger partial charge in [-0.3, -0.25) is 33.6 Å². The maximum Gasteiger partial charge on any atom is 0.246 e. The number of likely N-dealkylation sites (N-methyl/N-ethyl adjacent to an activating group) is 2. The minimum absolute atomic E-state index is 0.00717. The molecule has 2 fully saturated rings. The van der Waals surface area contributed by atoms with Crippen LogP contribution in [0, 0.1) is 18.8 Å². The number of carbonyl (C=O) groups is 7. The third-order valence-corrected chi connectivity index (χ3v) is 14.9. The lowest BCUT2D eigenvalue weighted by atomic mass is 9.95. The van der Waals surface area contributed by atoms with Gasteiger partial charge in [0.15, 0.2) is 0 Å². The van der Waals surface area contributed by atoms with E-state index in [1.54, 1.807) is 13.1 Å². The third-order valence-electron chi connectivity index (χ3n) is 14.9. The van der Waals surface area contributed by atoms with Crippen LogP contribution in [-0.2, 0) is 58.4 Å². The highest BCUT2D eigenvalue weighted by atomic mass is 16.2. The van der Waals surface area contributed by atoms with E-state index in [4.69, 9.17) is 0 Å². The molecule has 4 N–H and O–H groups in total. The van der Waals surface area contributed by atoms with Crippen LogP contribution in [0.5, 0.6) is 0 Å². The monoisotopic (exact) mass is 1040 g/mol. The largest absolute Gasteiger partial charge is 0.343 e. The quantitative estimate of drug-likeness (QED) is 0.115. The van der Waals surface area contributed by atoms with Crippen LogP contribution >= 0.6 is 0 Å². The fraction of sp³-hybridized carbons (Fsp3) is 0.475. The second-order valence-corrected chi connectivity index (χ2v) is 22.1. The summed E-state index contributed by atoms with van der Waals surface area (Å²) in [6.07, 6.45) is 6.76. The average Bonchev–Trinajstić information content (AvgIpc) is 3.78. The van der Waals surface area contributed by atoms with Gasteiger partial charge in [0.25, 0.3) is 0 Å². The number of piperidine rings is 1. The molecular weight excluding hydrogens is 961 g/mol. The van der Waals surface area contributed by atoms with Gasteiger partial charge < -0.3 is 40.5 Å². The number of aryl methyl sites for hydroxylation is 1. The second-order valence-electron chi connectivity index (χ2n) is 22.1. The van der Waals surface area contributed by atoms with Crippen molar-refractivity contribution in [3.05, 3.63) is 120 Å². The van der Waals surface area contributed by atoms with E-state index in [1.807, 2.05) is 127 Å². The molecule has 0 spiro atoms. The Labute approximate surface area is 446 Å². The van der Waals surface area contributed by atoms with Crippen LogP contribution in [0.4, 0.5) is 0 Å². The van der Waals surface area contributed by atoms with E-state index in [9.17, 15) is 19.2 Å². The van der Waals surface area contributed by atoms with E-state index >= 15 is 14.4 Å². The molecule has 2 aromatic heterocycles. The smallest absolute Gasteiger partial charge is 0.246 e. The highest BCUT2D eigenvalue weighted by Crippen LogP contribution is 2.30. The molecule has 3 aromatic carbocycles. The first-order valence-electron chi connectivity index (χ1n) is 26.6. The van der Waals surface area contributed by atoms with E-state index in [-0.39, 0.29) is 50.5 Å². The molecule has 5 aromatic rings. The molecule has 17 nitrogen and oxygen atoms in total. The van der Waals surface area contributed by atoms with Crippen molar-refractivity contribution in [3.8, 4) is 0 Å². The molecule has 0 aliphatic carbocycles. The van der Waals surface area contributed by atoms with E-state index in [2.05, 4.69) is 42.4 Å². The number of nitrogens with one attached hydrogen (secondary N) is 4. The van der Waals surface area contributed by atoms with Gasteiger partial charge >= 0.3 is 0 Å². The summed E-state index contributed by atoms with van der Waals surface area (Å²) >= 11 is 0. The lowest BCUT2D eigenvalue weighted by Gasteiger charge is -2.41. The summed E-state index contributed by atoms with van der Waals surface area (Å²) in [7, 11) is 3.04. The summed E-state index contributed by atoms with van der Waals surface area (Å²) in [6, 6.07) is 14.5. The van der Waals surface area contributed by atoms with Crippen molar-refractivity contribution in [2.24, 2.45) is 11.8 Å². The minimum Gasteiger partial charge on any atom is -0.343 e. The van der Waals surface area contributed by atoms with Crippen molar-refractivity contribution < 1.29 is 33.6 Å². The highest BCUT2D eigenvalue weighted by Gasteiger charge is 2.43. The van der Waals surface area contributed by atoms with Gasteiger partial charge in [0.1, 0.15) is 48.1 Å². The van der Waals surface area contributed by atoms with Crippen molar-refractivity contribution in [2.75, 3.05) is 20.6 Å². The molecule has 17 heteroatoms. The fourth-order valence-electron chi connectivity index (χ4n) is 10.5. The number of allylic oxidation sites excluding steroid dienone is 1. The first-order chi connectivity index (χ1) is 36.1. The summed E-state index contributed by atoms with van der Waals surface area (Å²) in [5.74, 6) is -3.68. The predicted octanol–water partition coefficient (Wildman–Crippen LogP) is 5.55. The van der Waals surface area contributed by atoms with Gasteiger partial charge in [0, 0.05) is 68.6 Å². The number of rotatable bonds is 12. The highest BCUT2D eigenvalue weighted by molar-refractivity contribution is 5.99. The fourth-order valence-corrected chi connectivity index (χ4v) is 10.5. The zero-order valence-corrected chi connectivity index (χ0v) is 45.8. The van der Waals surface area contributed by atoms with E-state index in [0.29, 0.717) is 29.7 Å². The summed E-state index contributed by atoms with van der Waals surface area (Å²) < 4.78 is 2.07. The van der Waals surface area contributed by atoms with Gasteiger partial charge in [-0.15, -0.1) is 6.58 Å². The number of fused-ring (bicyclic) bond motifs is 4. The van der Waals surface area contributed by atoms with Crippen LogP contribution in [0.25, 0.3) is 21.8 Å². The van der Waals surface area contributed by atoms with Gasteiger partial charge in [0.2, 0.25) is 41.4 Å². The van der Waals surface area contributed by atoms with Crippen LogP contribution in [-0.4, -0.2) is 134 Å². The lowest BCUT2D eigenvalue weighted by molar-refractivity contribution is -0.153. The molecule has 76 heavy (non-hydrogen) atoms. The number of carbonyl (C=O) groups excluding carboxylic acids is 7. The maximum absolute atomic E-state index is 15.5. The first-order valence-corrected chi connectivity index (χ1v) is 26.6. The Bertz CT molecular complexity index is 2970. The van der Waals surface area contributed by atoms with Crippen LogP contribution in [0.2, 0.25) is 0 Å². The predicted molar refractivity (Wildman–Crippen MR) is 293 cm³/mol. The van der Waals surface area contributed by atoms with Gasteiger partial charge in [-0.25, -0.2) is 9.97 Å². The molecule has 0 unspecified atom stereocenters. The Balaban J connectivity index is 1.36. The molecule has 2 aliphatic rings. The van der Waals surface area contributed by atoms with Gasteiger partial charge in [-0.1, -0.05) is 94.4 Å². The number of aromatic nitrogens is 3. The molecular formula is C59H76N10O7. The van der Waals surface area contributed by atoms with Crippen molar-refractivity contribution in [2.45, 2.75) is 148 Å². The second kappa shape index (κ2) is 24.1. The molecule has 7 rings (SSSR count). The minimum atomic E-state index is -1.28. The molecule has 404 valence electrons. The summed E-state index contributed by atoms with van der Waals surface area (Å²) in [4.78, 5) is 118. The average molecular weight is 1040 g/mol. The summed E-state index contributed by atoms with van der Waals surface area (Å²) in [6.45, 7) is 19.4. The molecule has 7 atom stereocenters. The van der Waals surface area contributed by atoms with Crippen molar-refractivity contribution >= 4 is 63.2 Å². The normalized spacial score (nSPS) is 23.1. The maximum atomic E-state index is 15.5. The number of para-hydroxylation sites is 1. The van der Waals surface area contributed by atoms with Gasteiger partial charge in [0.05, 0.1) is 11.1 Å². The molecule has 7 amide bonds. The van der Waals surface area contributed by atoms with E-state index < -0.39 is 89.2 Å². The Morgan fingerprint density at radius 1 is 0.697 bits per heavy atom. The lowest BCUT2D eigenvalue weighted by Crippen LogP contribution is -2.62. The van der Waals surface area contributed by atoms with Gasteiger partial charge in [-0.2, -0.15) is 0 Å². The molecule has 2 saturated heterocycles.